The lowest BCUT2D eigenvalue weighted by Gasteiger charge is -2.33. The first kappa shape index (κ1) is 26.2. The first-order valence-electron chi connectivity index (χ1n) is 10.7. The lowest BCUT2D eigenvalue weighted by Crippen LogP contribution is -2.54. The molecule has 0 aliphatic carbocycles. The van der Waals surface area contributed by atoms with E-state index in [0.29, 0.717) is 17.2 Å². The van der Waals surface area contributed by atoms with Crippen LogP contribution in [0, 0.1) is 13.8 Å². The number of nitrogens with zero attached hydrogens (tertiary/aromatic N) is 1. The number of nitrogens with one attached hydrogen (secondary N) is 1. The molecule has 0 saturated heterocycles. The molecule has 1 atom stereocenters. The minimum absolute atomic E-state index is 0.159. The second-order valence-electron chi connectivity index (χ2n) is 8.97. The highest BCUT2D eigenvalue weighted by atomic mass is 79.9. The van der Waals surface area contributed by atoms with Crippen LogP contribution in [0.2, 0.25) is 5.02 Å². The third kappa shape index (κ3) is 7.52. The maximum Gasteiger partial charge on any atom is 0.261 e. The van der Waals surface area contributed by atoms with E-state index in [-0.39, 0.29) is 25.0 Å². The van der Waals surface area contributed by atoms with Crippen molar-refractivity contribution in [1.82, 2.24) is 10.2 Å². The van der Waals surface area contributed by atoms with Crippen molar-refractivity contribution in [3.8, 4) is 5.75 Å². The number of aryl methyl sites for hydroxylation is 2. The van der Waals surface area contributed by atoms with Crippen LogP contribution in [0.4, 0.5) is 0 Å². The molecule has 0 heterocycles. The third-order valence-corrected chi connectivity index (χ3v) is 6.43. The van der Waals surface area contributed by atoms with Crippen molar-refractivity contribution in [2.24, 2.45) is 0 Å². The highest BCUT2D eigenvalue weighted by molar-refractivity contribution is 9.10. The first-order chi connectivity index (χ1) is 14.9. The van der Waals surface area contributed by atoms with Gasteiger partial charge in [0.2, 0.25) is 5.91 Å². The fraction of sp³-hybridized carbons (Fsp3) is 0.440. The van der Waals surface area contributed by atoms with Crippen molar-refractivity contribution in [2.45, 2.75) is 66.1 Å². The van der Waals surface area contributed by atoms with Crippen molar-refractivity contribution in [2.75, 3.05) is 6.61 Å². The molecule has 1 N–H and O–H groups in total. The van der Waals surface area contributed by atoms with Gasteiger partial charge in [-0.25, -0.2) is 0 Å². The van der Waals surface area contributed by atoms with Crippen LogP contribution in [-0.2, 0) is 16.1 Å². The van der Waals surface area contributed by atoms with Crippen LogP contribution in [-0.4, -0.2) is 34.9 Å². The number of hydrogen-bond donors (Lipinski definition) is 1. The molecule has 0 bridgehead atoms. The van der Waals surface area contributed by atoms with Gasteiger partial charge in [-0.1, -0.05) is 46.6 Å². The minimum atomic E-state index is -0.616. The zero-order chi connectivity index (χ0) is 24.1. The summed E-state index contributed by atoms with van der Waals surface area (Å²) in [4.78, 5) is 27.9. The molecule has 2 rings (SSSR count). The second-order valence-corrected chi connectivity index (χ2v) is 10.2. The van der Waals surface area contributed by atoms with E-state index in [2.05, 4.69) is 21.2 Å². The smallest absolute Gasteiger partial charge is 0.261 e. The van der Waals surface area contributed by atoms with Crippen LogP contribution in [0.15, 0.2) is 40.9 Å². The molecule has 0 fully saturated rings. The van der Waals surface area contributed by atoms with Gasteiger partial charge in [0.15, 0.2) is 6.61 Å². The predicted octanol–water partition coefficient (Wildman–Crippen LogP) is 5.82. The monoisotopic (exact) mass is 522 g/mol. The van der Waals surface area contributed by atoms with E-state index in [1.54, 1.807) is 17.0 Å². The molecule has 0 saturated carbocycles. The molecule has 0 aromatic heterocycles. The van der Waals surface area contributed by atoms with E-state index < -0.39 is 11.6 Å². The fourth-order valence-electron chi connectivity index (χ4n) is 3.38. The number of hydrogen-bond acceptors (Lipinski definition) is 3. The van der Waals surface area contributed by atoms with E-state index in [1.165, 1.54) is 0 Å². The number of carbonyl (C=O) groups excluding carboxylic acids is 2. The molecule has 0 unspecified atom stereocenters. The quantitative estimate of drug-likeness (QED) is 0.474. The summed E-state index contributed by atoms with van der Waals surface area (Å²) in [6, 6.07) is 10.4. The summed E-state index contributed by atoms with van der Waals surface area (Å²) in [5.74, 6) is 0.182. The van der Waals surface area contributed by atoms with Gasteiger partial charge >= 0.3 is 0 Å². The summed E-state index contributed by atoms with van der Waals surface area (Å²) in [5, 5.41) is 3.61. The molecular weight excluding hydrogens is 492 g/mol. The maximum atomic E-state index is 13.3. The number of carbonyl (C=O) groups is 2. The Morgan fingerprint density at radius 1 is 1.12 bits per heavy atom. The summed E-state index contributed by atoms with van der Waals surface area (Å²) >= 11 is 9.55. The van der Waals surface area contributed by atoms with Crippen LogP contribution in [0.1, 0.15) is 50.8 Å². The van der Waals surface area contributed by atoms with Gasteiger partial charge in [0.1, 0.15) is 11.8 Å². The summed E-state index contributed by atoms with van der Waals surface area (Å²) in [6.45, 7) is 11.7. The normalized spacial score (nSPS) is 12.2. The SMILES string of the molecule is CC[C@H](C(=O)NC(C)(C)C)N(Cc1ccc(Cl)cc1)C(=O)COc1cc(C)c(Br)c(C)c1. The second kappa shape index (κ2) is 11.2. The van der Waals surface area contributed by atoms with Crippen LogP contribution in [0.25, 0.3) is 0 Å². The van der Waals surface area contributed by atoms with Gasteiger partial charge in [-0.15, -0.1) is 0 Å². The maximum absolute atomic E-state index is 13.3. The number of benzene rings is 2. The topological polar surface area (TPSA) is 58.6 Å². The Hall–Kier alpha value is -2.05. The van der Waals surface area contributed by atoms with Crippen molar-refractivity contribution < 1.29 is 14.3 Å². The number of amides is 2. The van der Waals surface area contributed by atoms with Crippen molar-refractivity contribution >= 4 is 39.3 Å². The van der Waals surface area contributed by atoms with Crippen molar-refractivity contribution in [1.29, 1.82) is 0 Å². The Bertz CT molecular complexity index is 932. The van der Waals surface area contributed by atoms with Crippen molar-refractivity contribution in [3.63, 3.8) is 0 Å². The van der Waals surface area contributed by atoms with Gasteiger partial charge in [0.05, 0.1) is 0 Å². The highest BCUT2D eigenvalue weighted by Gasteiger charge is 2.31. The Morgan fingerprint density at radius 3 is 2.19 bits per heavy atom. The molecule has 7 heteroatoms. The summed E-state index contributed by atoms with van der Waals surface area (Å²) in [7, 11) is 0. The predicted molar refractivity (Wildman–Crippen MR) is 133 cm³/mol. The molecule has 0 aliphatic rings. The summed E-state index contributed by atoms with van der Waals surface area (Å²) in [6.07, 6.45) is 0.484. The van der Waals surface area contributed by atoms with Gasteiger partial charge in [0.25, 0.3) is 5.91 Å². The van der Waals surface area contributed by atoms with Crippen LogP contribution < -0.4 is 10.1 Å². The van der Waals surface area contributed by atoms with Gasteiger partial charge < -0.3 is 15.0 Å². The summed E-state index contributed by atoms with van der Waals surface area (Å²) < 4.78 is 6.85. The largest absolute Gasteiger partial charge is 0.484 e. The number of halogens is 2. The first-order valence-corrected chi connectivity index (χ1v) is 11.8. The standard InChI is InChI=1S/C25H32BrClN2O3/c1-7-21(24(31)28-25(4,5)6)29(14-18-8-10-19(27)11-9-18)22(30)15-32-20-12-16(2)23(26)17(3)13-20/h8-13,21H,7,14-15H2,1-6H3,(H,28,31)/t21-/m1/s1. The average Bonchev–Trinajstić information content (AvgIpc) is 2.70. The minimum Gasteiger partial charge on any atom is -0.484 e. The van der Waals surface area contributed by atoms with E-state index in [1.807, 2.05) is 65.8 Å². The lowest BCUT2D eigenvalue weighted by atomic mass is 10.1. The van der Waals surface area contributed by atoms with E-state index in [4.69, 9.17) is 16.3 Å². The number of rotatable bonds is 8. The van der Waals surface area contributed by atoms with Crippen LogP contribution in [0.5, 0.6) is 5.75 Å². The van der Waals surface area contributed by atoms with E-state index >= 15 is 0 Å². The Balaban J connectivity index is 2.26. The molecule has 174 valence electrons. The molecule has 0 aliphatic heterocycles. The van der Waals surface area contributed by atoms with Crippen molar-refractivity contribution in [3.05, 3.63) is 62.6 Å². The van der Waals surface area contributed by atoms with Gasteiger partial charge in [-0.3, -0.25) is 9.59 Å². The molecule has 32 heavy (non-hydrogen) atoms. The highest BCUT2D eigenvalue weighted by Crippen LogP contribution is 2.26. The molecule has 0 radical (unpaired) electrons. The number of ether oxygens (including phenoxy) is 1. The van der Waals surface area contributed by atoms with Gasteiger partial charge in [-0.05, 0) is 82.0 Å². The van der Waals surface area contributed by atoms with E-state index in [9.17, 15) is 9.59 Å². The van der Waals surface area contributed by atoms with Gasteiger partial charge in [0, 0.05) is 21.6 Å². The molecule has 2 aromatic rings. The Labute approximate surface area is 204 Å². The van der Waals surface area contributed by atoms with Gasteiger partial charge in [-0.2, -0.15) is 0 Å². The molecule has 2 aromatic carbocycles. The Kier molecular flexibility index (Phi) is 9.17. The molecule has 0 spiro atoms. The Morgan fingerprint density at radius 2 is 1.69 bits per heavy atom. The average molecular weight is 524 g/mol. The third-order valence-electron chi connectivity index (χ3n) is 4.92. The zero-order valence-electron chi connectivity index (χ0n) is 19.6. The zero-order valence-corrected chi connectivity index (χ0v) is 21.9. The van der Waals surface area contributed by atoms with Crippen LogP contribution in [0.3, 0.4) is 0 Å². The molecule has 2 amide bonds. The molecular formula is C25H32BrClN2O3. The molecule has 5 nitrogen and oxygen atoms in total. The summed E-state index contributed by atoms with van der Waals surface area (Å²) in [5.41, 5.74) is 2.55. The van der Waals surface area contributed by atoms with E-state index in [0.717, 1.165) is 21.2 Å². The fourth-order valence-corrected chi connectivity index (χ4v) is 3.73. The van der Waals surface area contributed by atoms with Crippen LogP contribution >= 0.6 is 27.5 Å². The lowest BCUT2D eigenvalue weighted by molar-refractivity contribution is -0.143.